The number of amides is 1. The maximum Gasteiger partial charge on any atom is 0.335 e. The Morgan fingerprint density at radius 1 is 1.00 bits per heavy atom. The van der Waals surface area contributed by atoms with Gasteiger partial charge in [0.1, 0.15) is 5.75 Å². The van der Waals surface area contributed by atoms with E-state index < -0.39 is 5.97 Å². The van der Waals surface area contributed by atoms with Gasteiger partial charge < -0.3 is 19.7 Å². The van der Waals surface area contributed by atoms with E-state index in [-0.39, 0.29) is 17.5 Å². The lowest BCUT2D eigenvalue weighted by Crippen LogP contribution is -2.27. The third-order valence-electron chi connectivity index (χ3n) is 6.31. The number of fused-ring (bicyclic) bond motifs is 2. The molecule has 0 unspecified atom stereocenters. The highest BCUT2D eigenvalue weighted by atomic mass is 16.5. The van der Waals surface area contributed by atoms with Gasteiger partial charge in [0.2, 0.25) is 0 Å². The van der Waals surface area contributed by atoms with Crippen LogP contribution in [0.4, 0.5) is 0 Å². The van der Waals surface area contributed by atoms with Crippen molar-refractivity contribution in [1.82, 2.24) is 14.9 Å². The topological polar surface area (TPSA) is 93.5 Å². The average molecular weight is 480 g/mol. The standard InChI is InChI=1S/C29H25N3O4/c1-18(19-7-9-21(10-8-19)29(34)35)30-28(33)25-16-24(36-2)15-22-13-14-32(27(22)25)17-23-12-11-20-5-3-4-6-26(20)31-23/h3-16,18H,17H2,1-2H3,(H,30,33)(H,34,35)/t18-/m0/s1. The highest BCUT2D eigenvalue weighted by molar-refractivity contribution is 6.07. The second-order valence-corrected chi connectivity index (χ2v) is 8.67. The molecule has 2 heterocycles. The minimum atomic E-state index is -0.987. The zero-order valence-electron chi connectivity index (χ0n) is 19.9. The Hall–Kier alpha value is -4.65. The molecule has 2 N–H and O–H groups in total. The quantitative estimate of drug-likeness (QED) is 0.324. The Balaban J connectivity index is 1.47. The highest BCUT2D eigenvalue weighted by Gasteiger charge is 2.19. The molecule has 5 aromatic rings. The third-order valence-corrected chi connectivity index (χ3v) is 6.31. The van der Waals surface area contributed by atoms with Gasteiger partial charge in [-0.25, -0.2) is 4.79 Å². The lowest BCUT2D eigenvalue weighted by molar-refractivity contribution is 0.0696. The van der Waals surface area contributed by atoms with Gasteiger partial charge in [0.15, 0.2) is 0 Å². The lowest BCUT2D eigenvalue weighted by Gasteiger charge is -2.17. The fourth-order valence-corrected chi connectivity index (χ4v) is 4.39. The molecule has 1 atom stereocenters. The van der Waals surface area contributed by atoms with E-state index in [4.69, 9.17) is 14.8 Å². The second-order valence-electron chi connectivity index (χ2n) is 8.67. The molecular formula is C29H25N3O4. The zero-order chi connectivity index (χ0) is 25.2. The van der Waals surface area contributed by atoms with E-state index in [2.05, 4.69) is 11.4 Å². The molecule has 7 heteroatoms. The van der Waals surface area contributed by atoms with Crippen LogP contribution in [-0.2, 0) is 6.54 Å². The molecule has 0 fully saturated rings. The van der Waals surface area contributed by atoms with Crippen LogP contribution < -0.4 is 10.1 Å². The maximum absolute atomic E-state index is 13.5. The van der Waals surface area contributed by atoms with Crippen molar-refractivity contribution in [2.45, 2.75) is 19.5 Å². The van der Waals surface area contributed by atoms with Crippen LogP contribution in [0.1, 0.15) is 44.9 Å². The maximum atomic E-state index is 13.5. The predicted octanol–water partition coefficient (Wildman–Crippen LogP) is 5.44. The van der Waals surface area contributed by atoms with Gasteiger partial charge in [0, 0.05) is 17.0 Å². The summed E-state index contributed by atoms with van der Waals surface area (Å²) >= 11 is 0. The molecule has 1 amide bonds. The number of rotatable bonds is 7. The first-order valence-corrected chi connectivity index (χ1v) is 11.6. The van der Waals surface area contributed by atoms with Crippen LogP contribution in [0.15, 0.2) is 85.1 Å². The molecule has 0 aliphatic carbocycles. The van der Waals surface area contributed by atoms with E-state index in [1.54, 1.807) is 25.3 Å². The Labute approximate surface area is 208 Å². The molecule has 0 bridgehead atoms. The minimum absolute atomic E-state index is 0.201. The SMILES string of the molecule is COc1cc(C(=O)N[C@@H](C)c2ccc(C(=O)O)cc2)c2c(ccn2Cc2ccc3ccccc3n2)c1. The summed E-state index contributed by atoms with van der Waals surface area (Å²) in [7, 11) is 1.57. The number of carbonyl (C=O) groups is 2. The van der Waals surface area contributed by atoms with E-state index in [1.165, 1.54) is 12.1 Å². The van der Waals surface area contributed by atoms with Crippen molar-refractivity contribution in [3.8, 4) is 5.75 Å². The number of ether oxygens (including phenoxy) is 1. The number of carbonyl (C=O) groups excluding carboxylic acids is 1. The molecule has 0 spiro atoms. The Morgan fingerprint density at radius 3 is 2.53 bits per heavy atom. The summed E-state index contributed by atoms with van der Waals surface area (Å²) in [5, 5.41) is 14.1. The van der Waals surface area contributed by atoms with Gasteiger partial charge >= 0.3 is 5.97 Å². The number of nitrogens with one attached hydrogen (secondary N) is 1. The summed E-state index contributed by atoms with van der Waals surface area (Å²) in [6, 6.07) is 23.8. The number of para-hydroxylation sites is 1. The summed E-state index contributed by atoms with van der Waals surface area (Å²) in [6.07, 6.45) is 1.95. The summed E-state index contributed by atoms with van der Waals surface area (Å²) in [5.41, 5.74) is 4.10. The number of pyridine rings is 1. The molecule has 0 aliphatic heterocycles. The lowest BCUT2D eigenvalue weighted by atomic mass is 10.0. The monoisotopic (exact) mass is 479 g/mol. The average Bonchev–Trinajstić information content (AvgIpc) is 3.30. The molecule has 3 aromatic carbocycles. The third kappa shape index (κ3) is 4.51. The van der Waals surface area contributed by atoms with Crippen LogP contribution in [0.3, 0.4) is 0 Å². The summed E-state index contributed by atoms with van der Waals surface area (Å²) in [4.78, 5) is 29.4. The van der Waals surface area contributed by atoms with Gasteiger partial charge in [0.05, 0.1) is 47.6 Å². The number of hydrogen-bond donors (Lipinski definition) is 2. The molecule has 0 radical (unpaired) electrons. The molecular weight excluding hydrogens is 454 g/mol. The van der Waals surface area contributed by atoms with Crippen molar-refractivity contribution in [3.05, 3.63) is 107 Å². The fourth-order valence-electron chi connectivity index (χ4n) is 4.39. The van der Waals surface area contributed by atoms with Crippen LogP contribution >= 0.6 is 0 Å². The summed E-state index contributed by atoms with van der Waals surface area (Å²) in [5.74, 6) is -0.647. The number of aromatic carboxylic acids is 1. The highest BCUT2D eigenvalue weighted by Crippen LogP contribution is 2.28. The van der Waals surface area contributed by atoms with Gasteiger partial charge in [0.25, 0.3) is 5.91 Å². The molecule has 0 aliphatic rings. The van der Waals surface area contributed by atoms with Crippen molar-refractivity contribution in [1.29, 1.82) is 0 Å². The minimum Gasteiger partial charge on any atom is -0.497 e. The van der Waals surface area contributed by atoms with Gasteiger partial charge in [-0.2, -0.15) is 0 Å². The number of nitrogens with zero attached hydrogens (tertiary/aromatic N) is 2. The number of benzene rings is 3. The Kier molecular flexibility index (Phi) is 6.12. The van der Waals surface area contributed by atoms with Gasteiger partial charge in [-0.15, -0.1) is 0 Å². The predicted molar refractivity (Wildman–Crippen MR) is 139 cm³/mol. The fraction of sp³-hybridized carbons (Fsp3) is 0.138. The smallest absolute Gasteiger partial charge is 0.335 e. The van der Waals surface area contributed by atoms with E-state index in [0.29, 0.717) is 17.9 Å². The molecule has 180 valence electrons. The molecule has 7 nitrogen and oxygen atoms in total. The second kappa shape index (κ2) is 9.54. The van der Waals surface area contributed by atoms with Crippen LogP contribution in [0.25, 0.3) is 21.8 Å². The zero-order valence-corrected chi connectivity index (χ0v) is 19.9. The summed E-state index contributed by atoms with van der Waals surface area (Å²) < 4.78 is 7.48. The van der Waals surface area contributed by atoms with Crippen molar-refractivity contribution in [2.24, 2.45) is 0 Å². The normalized spacial score (nSPS) is 11.9. The van der Waals surface area contributed by atoms with E-state index in [1.807, 2.05) is 60.2 Å². The van der Waals surface area contributed by atoms with Gasteiger partial charge in [-0.1, -0.05) is 36.4 Å². The van der Waals surface area contributed by atoms with Crippen LogP contribution in [-0.4, -0.2) is 33.6 Å². The Bertz CT molecular complexity index is 1590. The van der Waals surface area contributed by atoms with Crippen molar-refractivity contribution < 1.29 is 19.4 Å². The Morgan fingerprint density at radius 2 is 1.78 bits per heavy atom. The first-order valence-electron chi connectivity index (χ1n) is 11.6. The van der Waals surface area contributed by atoms with Crippen molar-refractivity contribution in [3.63, 3.8) is 0 Å². The van der Waals surface area contributed by atoms with E-state index >= 15 is 0 Å². The van der Waals surface area contributed by atoms with Crippen molar-refractivity contribution >= 4 is 33.7 Å². The van der Waals surface area contributed by atoms with Crippen LogP contribution in [0.2, 0.25) is 0 Å². The summed E-state index contributed by atoms with van der Waals surface area (Å²) in [6.45, 7) is 2.37. The van der Waals surface area contributed by atoms with E-state index in [0.717, 1.165) is 33.1 Å². The van der Waals surface area contributed by atoms with Gasteiger partial charge in [-0.05, 0) is 55.0 Å². The van der Waals surface area contributed by atoms with E-state index in [9.17, 15) is 9.59 Å². The molecule has 0 saturated heterocycles. The number of carboxylic acid groups (broad SMARTS) is 1. The first kappa shape index (κ1) is 23.1. The molecule has 36 heavy (non-hydrogen) atoms. The first-order chi connectivity index (χ1) is 17.4. The number of hydrogen-bond acceptors (Lipinski definition) is 4. The van der Waals surface area contributed by atoms with Crippen molar-refractivity contribution in [2.75, 3.05) is 7.11 Å². The number of carboxylic acids is 1. The number of aromatic nitrogens is 2. The molecule has 5 rings (SSSR count). The van der Waals surface area contributed by atoms with Gasteiger partial charge in [-0.3, -0.25) is 9.78 Å². The number of methoxy groups -OCH3 is 1. The molecule has 2 aromatic heterocycles. The molecule has 0 saturated carbocycles. The van der Waals surface area contributed by atoms with Crippen LogP contribution in [0, 0.1) is 0 Å². The largest absolute Gasteiger partial charge is 0.497 e. The van der Waals surface area contributed by atoms with Crippen LogP contribution in [0.5, 0.6) is 5.75 Å².